The first-order chi connectivity index (χ1) is 28.8. The van der Waals surface area contributed by atoms with Crippen LogP contribution in [0.1, 0.15) is 206 Å². The van der Waals surface area contributed by atoms with Crippen LogP contribution in [0.4, 0.5) is 0 Å². The number of allylic oxidation sites excluding steroid dienone is 12. The molecule has 1 N–H and O–H groups in total. The van der Waals surface area contributed by atoms with Crippen LogP contribution in [0.2, 0.25) is 0 Å². The van der Waals surface area contributed by atoms with Crippen molar-refractivity contribution < 1.29 is 37.6 Å². The van der Waals surface area contributed by atoms with Crippen LogP contribution in [0.15, 0.2) is 72.9 Å². The molecule has 0 aromatic carbocycles. The van der Waals surface area contributed by atoms with Crippen LogP contribution >= 0.6 is 7.82 Å². The summed E-state index contributed by atoms with van der Waals surface area (Å²) in [7, 11) is -3.24. The molecule has 0 aliphatic rings. The van der Waals surface area contributed by atoms with Crippen molar-refractivity contribution in [3.05, 3.63) is 72.9 Å². The van der Waals surface area contributed by atoms with Gasteiger partial charge >= 0.3 is 19.8 Å². The van der Waals surface area contributed by atoms with Gasteiger partial charge in [-0.05, 0) is 51.4 Å². The summed E-state index contributed by atoms with van der Waals surface area (Å²) in [6, 6.07) is 0. The number of hydrogen-bond acceptors (Lipinski definition) is 7. The van der Waals surface area contributed by atoms with E-state index in [0.29, 0.717) is 6.42 Å². The number of hydrogen-bond donors (Lipinski definition) is 1. The fourth-order valence-electron chi connectivity index (χ4n) is 6.39. The average molecular weight is 847 g/mol. The molecule has 2 unspecified atom stereocenters. The fraction of sp³-hybridized carbons (Fsp3) is 0.720. The third kappa shape index (κ3) is 44.9. The van der Waals surface area contributed by atoms with Gasteiger partial charge in [0.1, 0.15) is 6.61 Å². The second-order valence-corrected chi connectivity index (χ2v) is 17.1. The van der Waals surface area contributed by atoms with Gasteiger partial charge in [0.25, 0.3) is 0 Å². The number of carbonyl (C=O) groups excluding carboxylic acids is 2. The van der Waals surface area contributed by atoms with Crippen molar-refractivity contribution in [2.45, 2.75) is 213 Å². The monoisotopic (exact) mass is 847 g/mol. The summed E-state index contributed by atoms with van der Waals surface area (Å²) in [4.78, 5) is 34.5. The Morgan fingerprint density at radius 1 is 0.492 bits per heavy atom. The number of esters is 2. The Labute approximate surface area is 362 Å². The molecule has 0 aliphatic heterocycles. The van der Waals surface area contributed by atoms with E-state index in [-0.39, 0.29) is 25.4 Å². The molecular formula is C50H87O8P. The van der Waals surface area contributed by atoms with Crippen molar-refractivity contribution in [2.24, 2.45) is 0 Å². The maximum absolute atomic E-state index is 12.5. The number of rotatable bonds is 43. The smallest absolute Gasteiger partial charge is 0.462 e. The van der Waals surface area contributed by atoms with Gasteiger partial charge in [0.2, 0.25) is 0 Å². The average Bonchev–Trinajstić information content (AvgIpc) is 3.23. The molecule has 0 radical (unpaired) electrons. The van der Waals surface area contributed by atoms with E-state index in [4.69, 9.17) is 14.0 Å². The number of carbonyl (C=O) groups is 2. The molecule has 0 aliphatic carbocycles. The molecular weight excluding hydrogens is 760 g/mol. The van der Waals surface area contributed by atoms with Crippen molar-refractivity contribution in [2.75, 3.05) is 20.3 Å². The lowest BCUT2D eigenvalue weighted by Gasteiger charge is -2.19. The molecule has 9 heteroatoms. The third-order valence-electron chi connectivity index (χ3n) is 9.98. The molecule has 0 amide bonds. The first-order valence-electron chi connectivity index (χ1n) is 23.6. The highest BCUT2D eigenvalue weighted by atomic mass is 31.2. The Kier molecular flexibility index (Phi) is 43.1. The Balaban J connectivity index is 4.03. The van der Waals surface area contributed by atoms with Crippen molar-refractivity contribution >= 4 is 19.8 Å². The van der Waals surface area contributed by atoms with Gasteiger partial charge in [0, 0.05) is 20.0 Å². The molecule has 2 atom stereocenters. The van der Waals surface area contributed by atoms with Crippen molar-refractivity contribution in [1.29, 1.82) is 0 Å². The van der Waals surface area contributed by atoms with Gasteiger partial charge < -0.3 is 14.4 Å². The lowest BCUT2D eigenvalue weighted by molar-refractivity contribution is -0.161. The number of ether oxygens (including phenoxy) is 2. The molecule has 0 bridgehead atoms. The minimum absolute atomic E-state index is 0.118. The van der Waals surface area contributed by atoms with E-state index in [0.717, 1.165) is 64.9 Å². The number of unbranched alkanes of at least 4 members (excludes halogenated alkanes) is 20. The predicted octanol–water partition coefficient (Wildman–Crippen LogP) is 15.3. The van der Waals surface area contributed by atoms with Crippen LogP contribution in [0.25, 0.3) is 0 Å². The zero-order chi connectivity index (χ0) is 43.2. The van der Waals surface area contributed by atoms with Gasteiger partial charge in [-0.15, -0.1) is 0 Å². The highest BCUT2D eigenvalue weighted by molar-refractivity contribution is 7.47. The van der Waals surface area contributed by atoms with E-state index in [2.05, 4.69) is 79.1 Å². The molecule has 0 aromatic heterocycles. The largest absolute Gasteiger partial charge is 0.472 e. The van der Waals surface area contributed by atoms with Gasteiger partial charge in [0.15, 0.2) is 6.10 Å². The quantitative estimate of drug-likeness (QED) is 0.0280. The highest BCUT2D eigenvalue weighted by Crippen LogP contribution is 2.42. The normalized spacial score (nSPS) is 13.9. The molecule has 0 spiro atoms. The minimum atomic E-state index is -4.29. The molecule has 340 valence electrons. The van der Waals surface area contributed by atoms with E-state index < -0.39 is 26.5 Å². The lowest BCUT2D eigenvalue weighted by atomic mass is 10.0. The summed E-state index contributed by atoms with van der Waals surface area (Å²) in [6.07, 6.45) is 58.4. The standard InChI is InChI=1S/C50H87O8P/c1-4-6-8-10-12-14-16-18-20-22-24-25-27-28-30-32-34-36-38-40-42-44-49(51)56-46-48(47-57-59(53,54)55-3)58-50(52)45-43-41-39-37-35-33-31-29-26-23-21-19-17-15-13-11-9-7-5-2/h7,9,13,15,19,21,26,29,33,35,39,41,48H,4-6,8,10-12,14,16-18,20,22-25,27-28,30-32,34,36-38,40,42-47H2,1-3H3,(H,53,54)/b9-7-,15-13-,21-19-,29-26-,35-33-,41-39-. The van der Waals surface area contributed by atoms with Crippen LogP contribution in [-0.2, 0) is 32.7 Å². The molecule has 8 nitrogen and oxygen atoms in total. The first-order valence-corrected chi connectivity index (χ1v) is 25.1. The van der Waals surface area contributed by atoms with E-state index in [9.17, 15) is 19.0 Å². The van der Waals surface area contributed by atoms with Gasteiger partial charge in [-0.2, -0.15) is 0 Å². The van der Waals surface area contributed by atoms with Gasteiger partial charge in [-0.3, -0.25) is 18.6 Å². The third-order valence-corrected chi connectivity index (χ3v) is 10.9. The predicted molar refractivity (Wildman–Crippen MR) is 248 cm³/mol. The van der Waals surface area contributed by atoms with E-state index in [1.807, 2.05) is 12.2 Å². The van der Waals surface area contributed by atoms with Gasteiger partial charge in [-0.25, -0.2) is 4.57 Å². The summed E-state index contributed by atoms with van der Waals surface area (Å²) < 4.78 is 32.0. The Morgan fingerprint density at radius 3 is 1.25 bits per heavy atom. The Morgan fingerprint density at radius 2 is 0.864 bits per heavy atom. The molecule has 0 saturated carbocycles. The summed E-state index contributed by atoms with van der Waals surface area (Å²) in [6.45, 7) is 3.73. The summed E-state index contributed by atoms with van der Waals surface area (Å²) >= 11 is 0. The molecule has 0 saturated heterocycles. The molecule has 0 heterocycles. The lowest BCUT2D eigenvalue weighted by Crippen LogP contribution is -2.29. The highest BCUT2D eigenvalue weighted by Gasteiger charge is 2.24. The number of phosphoric acid groups is 1. The zero-order valence-electron chi connectivity index (χ0n) is 37.9. The molecule has 59 heavy (non-hydrogen) atoms. The molecule has 0 rings (SSSR count). The Bertz CT molecular complexity index is 1190. The van der Waals surface area contributed by atoms with Crippen molar-refractivity contribution in [3.63, 3.8) is 0 Å². The minimum Gasteiger partial charge on any atom is -0.462 e. The topological polar surface area (TPSA) is 108 Å². The van der Waals surface area contributed by atoms with E-state index in [1.165, 1.54) is 116 Å². The van der Waals surface area contributed by atoms with Crippen LogP contribution in [0.3, 0.4) is 0 Å². The van der Waals surface area contributed by atoms with Crippen molar-refractivity contribution in [3.8, 4) is 0 Å². The second kappa shape index (κ2) is 45.0. The SMILES string of the molecule is CC/C=C\C/C=C\C/C=C\C/C=C\C/C=C\C/C=C\CCC(=O)OC(COC(=O)CCCCCCCCCCCCCCCCCCCCCCC)COP(=O)(O)OC. The molecule has 0 fully saturated rings. The number of phosphoric ester groups is 1. The molecule has 0 aromatic rings. The maximum Gasteiger partial charge on any atom is 0.472 e. The van der Waals surface area contributed by atoms with E-state index >= 15 is 0 Å². The van der Waals surface area contributed by atoms with Crippen LogP contribution in [0, 0.1) is 0 Å². The first kappa shape index (κ1) is 56.5. The maximum atomic E-state index is 12.5. The summed E-state index contributed by atoms with van der Waals surface area (Å²) in [5.41, 5.74) is 0. The van der Waals surface area contributed by atoms with E-state index in [1.54, 1.807) is 0 Å². The van der Waals surface area contributed by atoms with Crippen LogP contribution in [0.5, 0.6) is 0 Å². The zero-order valence-corrected chi connectivity index (χ0v) is 38.8. The summed E-state index contributed by atoms with van der Waals surface area (Å²) in [5.74, 6) is -0.899. The van der Waals surface area contributed by atoms with Crippen LogP contribution in [-0.4, -0.2) is 43.3 Å². The second-order valence-electron chi connectivity index (χ2n) is 15.5. The Hall–Kier alpha value is -2.51. The fourth-order valence-corrected chi connectivity index (χ4v) is 6.85. The van der Waals surface area contributed by atoms with Gasteiger partial charge in [0.05, 0.1) is 6.61 Å². The van der Waals surface area contributed by atoms with Crippen LogP contribution < -0.4 is 0 Å². The van der Waals surface area contributed by atoms with Crippen molar-refractivity contribution in [1.82, 2.24) is 0 Å². The van der Waals surface area contributed by atoms with Gasteiger partial charge in [-0.1, -0.05) is 215 Å². The summed E-state index contributed by atoms with van der Waals surface area (Å²) in [5, 5.41) is 0.